The van der Waals surface area contributed by atoms with Crippen LogP contribution in [0.5, 0.6) is 0 Å². The third kappa shape index (κ3) is 3.47. The minimum atomic E-state index is -0.255. The number of ether oxygens (including phenoxy) is 1. The molecule has 1 amide bonds. The molecule has 1 saturated heterocycles. The predicted molar refractivity (Wildman–Crippen MR) is 106 cm³/mol. The number of carbonyl (C=O) groups excluding carboxylic acids is 1. The lowest BCUT2D eigenvalue weighted by molar-refractivity contribution is -0.146. The molecule has 0 unspecified atom stereocenters. The smallest absolute Gasteiger partial charge is 0.223 e. The fraction of sp³-hybridized carbons (Fsp3) is 0.364. The Balaban J connectivity index is 1.62. The zero-order valence-electron chi connectivity index (χ0n) is 15.9. The summed E-state index contributed by atoms with van der Waals surface area (Å²) in [6.45, 7) is 5.96. The van der Waals surface area contributed by atoms with E-state index in [9.17, 15) is 4.79 Å². The van der Waals surface area contributed by atoms with Crippen LogP contribution in [0, 0.1) is 0 Å². The summed E-state index contributed by atoms with van der Waals surface area (Å²) in [6, 6.07) is 18.3. The Labute approximate surface area is 159 Å². The van der Waals surface area contributed by atoms with Crippen molar-refractivity contribution in [1.29, 1.82) is 0 Å². The fourth-order valence-electron chi connectivity index (χ4n) is 3.78. The summed E-state index contributed by atoms with van der Waals surface area (Å²) in [5.41, 5.74) is 2.84. The van der Waals surface area contributed by atoms with Crippen LogP contribution in [0.25, 0.3) is 16.7 Å². The maximum Gasteiger partial charge on any atom is 0.223 e. The molecule has 0 aliphatic carbocycles. The zero-order valence-corrected chi connectivity index (χ0v) is 15.9. The van der Waals surface area contributed by atoms with Crippen LogP contribution < -0.4 is 0 Å². The highest BCUT2D eigenvalue weighted by Crippen LogP contribution is 2.24. The molecule has 0 bridgehead atoms. The Hall–Kier alpha value is -2.66. The molecule has 2 heterocycles. The van der Waals surface area contributed by atoms with Crippen molar-refractivity contribution in [3.8, 4) is 5.69 Å². The Morgan fingerprint density at radius 2 is 1.85 bits per heavy atom. The van der Waals surface area contributed by atoms with Gasteiger partial charge < -0.3 is 9.64 Å². The van der Waals surface area contributed by atoms with Gasteiger partial charge in [0.15, 0.2) is 0 Å². The van der Waals surface area contributed by atoms with E-state index in [-0.39, 0.29) is 11.4 Å². The number of aryl methyl sites for hydroxylation is 1. The van der Waals surface area contributed by atoms with E-state index in [2.05, 4.69) is 36.6 Å². The molecule has 0 spiro atoms. The van der Waals surface area contributed by atoms with Crippen LogP contribution in [0.15, 0.2) is 54.6 Å². The Morgan fingerprint density at radius 1 is 1.11 bits per heavy atom. The second kappa shape index (κ2) is 7.16. The van der Waals surface area contributed by atoms with E-state index in [0.717, 1.165) is 22.5 Å². The number of hydrogen-bond acceptors (Lipinski definition) is 3. The molecule has 4 rings (SSSR count). The monoisotopic (exact) mass is 363 g/mol. The first-order valence-electron chi connectivity index (χ1n) is 9.46. The van der Waals surface area contributed by atoms with Crippen molar-refractivity contribution in [3.05, 3.63) is 60.4 Å². The molecule has 3 aromatic rings. The van der Waals surface area contributed by atoms with Crippen molar-refractivity contribution < 1.29 is 9.53 Å². The SMILES string of the molecule is CC1(C)COCCN1C(=O)CCc1nc2ccccc2n1-c1ccccc1. The van der Waals surface area contributed by atoms with Crippen molar-refractivity contribution in [2.45, 2.75) is 32.2 Å². The van der Waals surface area contributed by atoms with E-state index in [1.54, 1.807) is 0 Å². The molecular formula is C22H25N3O2. The van der Waals surface area contributed by atoms with Crippen LogP contribution in [0.2, 0.25) is 0 Å². The van der Waals surface area contributed by atoms with Gasteiger partial charge in [-0.25, -0.2) is 4.98 Å². The van der Waals surface area contributed by atoms with Crippen molar-refractivity contribution >= 4 is 16.9 Å². The predicted octanol–water partition coefficient (Wildman–Crippen LogP) is 3.60. The lowest BCUT2D eigenvalue weighted by Crippen LogP contribution is -2.55. The van der Waals surface area contributed by atoms with Gasteiger partial charge >= 0.3 is 0 Å². The minimum Gasteiger partial charge on any atom is -0.377 e. The van der Waals surface area contributed by atoms with Crippen LogP contribution in [-0.2, 0) is 16.0 Å². The summed E-state index contributed by atoms with van der Waals surface area (Å²) in [4.78, 5) is 19.6. The first kappa shape index (κ1) is 17.7. The largest absolute Gasteiger partial charge is 0.377 e. The van der Waals surface area contributed by atoms with Gasteiger partial charge in [0.2, 0.25) is 5.91 Å². The number of para-hydroxylation sites is 3. The molecule has 27 heavy (non-hydrogen) atoms. The van der Waals surface area contributed by atoms with Crippen LogP contribution >= 0.6 is 0 Å². The first-order valence-corrected chi connectivity index (χ1v) is 9.46. The summed E-state index contributed by atoms with van der Waals surface area (Å²) in [5, 5.41) is 0. The fourth-order valence-corrected chi connectivity index (χ4v) is 3.78. The topological polar surface area (TPSA) is 47.4 Å². The minimum absolute atomic E-state index is 0.162. The van der Waals surface area contributed by atoms with Gasteiger partial charge in [0.25, 0.3) is 0 Å². The highest BCUT2D eigenvalue weighted by atomic mass is 16.5. The van der Waals surface area contributed by atoms with E-state index in [0.29, 0.717) is 32.6 Å². The molecule has 140 valence electrons. The maximum absolute atomic E-state index is 12.9. The van der Waals surface area contributed by atoms with Gasteiger partial charge in [0.05, 0.1) is 29.8 Å². The third-order valence-electron chi connectivity index (χ3n) is 5.15. The van der Waals surface area contributed by atoms with E-state index < -0.39 is 0 Å². The summed E-state index contributed by atoms with van der Waals surface area (Å²) in [5.74, 6) is 1.08. The van der Waals surface area contributed by atoms with Gasteiger partial charge in [0, 0.05) is 25.1 Å². The van der Waals surface area contributed by atoms with Gasteiger partial charge in [-0.05, 0) is 38.1 Å². The summed E-state index contributed by atoms with van der Waals surface area (Å²) in [6.07, 6.45) is 1.05. The first-order chi connectivity index (χ1) is 13.1. The van der Waals surface area contributed by atoms with E-state index in [1.165, 1.54) is 0 Å². The highest BCUT2D eigenvalue weighted by Gasteiger charge is 2.33. The van der Waals surface area contributed by atoms with Crippen LogP contribution in [0.4, 0.5) is 0 Å². The molecule has 5 nitrogen and oxygen atoms in total. The quantitative estimate of drug-likeness (QED) is 0.712. The van der Waals surface area contributed by atoms with Gasteiger partial charge in [-0.15, -0.1) is 0 Å². The van der Waals surface area contributed by atoms with Crippen LogP contribution in [0.1, 0.15) is 26.1 Å². The summed E-state index contributed by atoms with van der Waals surface area (Å²) >= 11 is 0. The molecule has 2 aromatic carbocycles. The van der Waals surface area contributed by atoms with Crippen molar-refractivity contribution in [3.63, 3.8) is 0 Å². The number of morpholine rings is 1. The molecule has 1 fully saturated rings. The molecule has 0 radical (unpaired) electrons. The Bertz CT molecular complexity index is 947. The van der Waals surface area contributed by atoms with E-state index in [1.807, 2.05) is 41.3 Å². The maximum atomic E-state index is 12.9. The molecule has 1 aliphatic rings. The molecule has 0 saturated carbocycles. The number of amides is 1. The number of hydrogen-bond donors (Lipinski definition) is 0. The number of fused-ring (bicyclic) bond motifs is 1. The highest BCUT2D eigenvalue weighted by molar-refractivity contribution is 5.79. The molecule has 0 atom stereocenters. The lowest BCUT2D eigenvalue weighted by atomic mass is 10.0. The summed E-state index contributed by atoms with van der Waals surface area (Å²) < 4.78 is 7.69. The van der Waals surface area contributed by atoms with Crippen molar-refractivity contribution in [2.24, 2.45) is 0 Å². The van der Waals surface area contributed by atoms with Gasteiger partial charge in [-0.3, -0.25) is 9.36 Å². The van der Waals surface area contributed by atoms with Gasteiger partial charge in [-0.1, -0.05) is 30.3 Å². The summed E-state index contributed by atoms with van der Waals surface area (Å²) in [7, 11) is 0. The van der Waals surface area contributed by atoms with Gasteiger partial charge in [0.1, 0.15) is 5.82 Å². The average Bonchev–Trinajstić information content (AvgIpc) is 3.05. The standard InChI is InChI=1S/C22H25N3O2/c1-22(2)16-27-15-14-24(22)21(26)13-12-20-23-18-10-6-7-11-19(18)25(20)17-8-4-3-5-9-17/h3-11H,12-16H2,1-2H3. The Kier molecular flexibility index (Phi) is 4.70. The molecule has 0 N–H and O–H groups in total. The van der Waals surface area contributed by atoms with Crippen LogP contribution in [-0.4, -0.2) is 45.7 Å². The van der Waals surface area contributed by atoms with E-state index in [4.69, 9.17) is 9.72 Å². The van der Waals surface area contributed by atoms with Crippen molar-refractivity contribution in [2.75, 3.05) is 19.8 Å². The number of nitrogens with zero attached hydrogens (tertiary/aromatic N) is 3. The number of benzene rings is 2. The molecular weight excluding hydrogens is 338 g/mol. The number of rotatable bonds is 4. The van der Waals surface area contributed by atoms with Crippen LogP contribution in [0.3, 0.4) is 0 Å². The molecule has 1 aliphatic heterocycles. The van der Waals surface area contributed by atoms with E-state index >= 15 is 0 Å². The molecule has 5 heteroatoms. The van der Waals surface area contributed by atoms with Crippen molar-refractivity contribution in [1.82, 2.24) is 14.5 Å². The normalized spacial score (nSPS) is 16.6. The second-order valence-corrected chi connectivity index (χ2v) is 7.60. The lowest BCUT2D eigenvalue weighted by Gasteiger charge is -2.42. The molecule has 1 aromatic heterocycles. The number of aromatic nitrogens is 2. The van der Waals surface area contributed by atoms with Gasteiger partial charge in [-0.2, -0.15) is 0 Å². The Morgan fingerprint density at radius 3 is 2.63 bits per heavy atom. The third-order valence-corrected chi connectivity index (χ3v) is 5.15. The zero-order chi connectivity index (χ0) is 18.9. The number of carbonyl (C=O) groups is 1. The second-order valence-electron chi connectivity index (χ2n) is 7.60. The number of imidazole rings is 1. The average molecular weight is 363 g/mol.